The Morgan fingerprint density at radius 1 is 1.08 bits per heavy atom. The van der Waals surface area contributed by atoms with Crippen LogP contribution in [0.4, 0.5) is 14.6 Å². The van der Waals surface area contributed by atoms with Crippen LogP contribution in [0.15, 0.2) is 72.5 Å². The number of ether oxygens (including phenoxy) is 2. The SMILES string of the molecule is O=C(Cc1ccc(Oc2ccnc3c2OC(CN2CC2)CN3)c(F)c1)C1=CCC=C(c2ccc(F)cc2)C1=O. The minimum Gasteiger partial charge on any atom is -0.480 e. The van der Waals surface area contributed by atoms with Gasteiger partial charge in [0, 0.05) is 43.9 Å². The Hall–Kier alpha value is -4.37. The number of nitrogens with one attached hydrogen (secondary N) is 1. The zero-order valence-electron chi connectivity index (χ0n) is 21.0. The van der Waals surface area contributed by atoms with Gasteiger partial charge in [-0.15, -0.1) is 0 Å². The van der Waals surface area contributed by atoms with Crippen molar-refractivity contribution in [1.29, 1.82) is 0 Å². The van der Waals surface area contributed by atoms with E-state index in [4.69, 9.17) is 9.47 Å². The van der Waals surface area contributed by atoms with E-state index in [1.54, 1.807) is 30.5 Å². The van der Waals surface area contributed by atoms with Gasteiger partial charge >= 0.3 is 0 Å². The number of ketones is 2. The number of fused-ring (bicyclic) bond motifs is 1. The van der Waals surface area contributed by atoms with Crippen LogP contribution in [-0.2, 0) is 16.0 Å². The van der Waals surface area contributed by atoms with Gasteiger partial charge in [0.05, 0.1) is 12.1 Å². The van der Waals surface area contributed by atoms with Crippen molar-refractivity contribution in [3.05, 3.63) is 95.2 Å². The number of carbonyl (C=O) groups is 2. The number of hydrogen-bond acceptors (Lipinski definition) is 7. The predicted molar refractivity (Wildman–Crippen MR) is 141 cm³/mol. The Morgan fingerprint density at radius 2 is 1.90 bits per heavy atom. The molecule has 1 atom stereocenters. The molecular formula is C30H25F2N3O4. The summed E-state index contributed by atoms with van der Waals surface area (Å²) in [5.41, 5.74) is 1.35. The Bertz CT molecular complexity index is 1510. The molecule has 198 valence electrons. The molecule has 1 N–H and O–H groups in total. The molecule has 3 heterocycles. The average Bonchev–Trinajstić information content (AvgIpc) is 3.75. The van der Waals surface area contributed by atoms with Crippen LogP contribution in [0.25, 0.3) is 5.57 Å². The lowest BCUT2D eigenvalue weighted by Gasteiger charge is -2.28. The molecule has 1 saturated heterocycles. The summed E-state index contributed by atoms with van der Waals surface area (Å²) in [5.74, 6) is -0.612. The fraction of sp³-hybridized carbons (Fsp3) is 0.233. The van der Waals surface area contributed by atoms with E-state index in [9.17, 15) is 14.0 Å². The first-order chi connectivity index (χ1) is 18.9. The molecule has 2 aromatic carbocycles. The van der Waals surface area contributed by atoms with Gasteiger partial charge in [-0.1, -0.05) is 30.4 Å². The van der Waals surface area contributed by atoms with Gasteiger partial charge in [0.25, 0.3) is 0 Å². The Morgan fingerprint density at radius 3 is 2.67 bits per heavy atom. The number of anilines is 1. The summed E-state index contributed by atoms with van der Waals surface area (Å²) in [6.07, 6.45) is 5.01. The van der Waals surface area contributed by atoms with Gasteiger partial charge in [0.2, 0.25) is 5.75 Å². The number of benzene rings is 2. The van der Waals surface area contributed by atoms with Crippen molar-refractivity contribution in [3.63, 3.8) is 0 Å². The van der Waals surface area contributed by atoms with E-state index >= 15 is 4.39 Å². The molecule has 39 heavy (non-hydrogen) atoms. The van der Waals surface area contributed by atoms with Crippen LogP contribution in [0.3, 0.4) is 0 Å². The summed E-state index contributed by atoms with van der Waals surface area (Å²) < 4.78 is 40.3. The second kappa shape index (κ2) is 10.4. The summed E-state index contributed by atoms with van der Waals surface area (Å²) in [5, 5.41) is 3.24. The second-order valence-corrected chi connectivity index (χ2v) is 9.68. The number of nitrogens with zero attached hydrogens (tertiary/aromatic N) is 2. The summed E-state index contributed by atoms with van der Waals surface area (Å²) in [6.45, 7) is 3.52. The van der Waals surface area contributed by atoms with Gasteiger partial charge in [-0.2, -0.15) is 0 Å². The van der Waals surface area contributed by atoms with E-state index in [-0.39, 0.29) is 23.8 Å². The fourth-order valence-corrected chi connectivity index (χ4v) is 4.69. The normalized spacial score (nSPS) is 18.3. The molecule has 3 aromatic rings. The molecule has 7 nitrogen and oxygen atoms in total. The monoisotopic (exact) mass is 529 g/mol. The molecule has 1 aromatic heterocycles. The highest BCUT2D eigenvalue weighted by molar-refractivity contribution is 6.39. The number of hydrogen-bond donors (Lipinski definition) is 1. The van der Waals surface area contributed by atoms with E-state index in [0.29, 0.717) is 47.0 Å². The Labute approximate surface area is 223 Å². The smallest absolute Gasteiger partial charge is 0.205 e. The van der Waals surface area contributed by atoms with Crippen LogP contribution in [0.2, 0.25) is 0 Å². The summed E-state index contributed by atoms with van der Waals surface area (Å²) in [7, 11) is 0. The molecule has 1 fully saturated rings. The Kier molecular flexibility index (Phi) is 6.66. The minimum absolute atomic E-state index is 0.0225. The third-order valence-corrected chi connectivity index (χ3v) is 6.82. The molecular weight excluding hydrogens is 504 g/mol. The highest BCUT2D eigenvalue weighted by atomic mass is 19.1. The number of Topliss-reactive ketones (excluding diaryl/α,β-unsaturated/α-hetero) is 2. The maximum Gasteiger partial charge on any atom is 0.205 e. The molecule has 0 bridgehead atoms. The third kappa shape index (κ3) is 5.44. The van der Waals surface area contributed by atoms with Crippen molar-refractivity contribution < 1.29 is 27.8 Å². The molecule has 9 heteroatoms. The van der Waals surface area contributed by atoms with Crippen LogP contribution in [0.1, 0.15) is 17.5 Å². The number of aromatic nitrogens is 1. The molecule has 0 spiro atoms. The van der Waals surface area contributed by atoms with Crippen LogP contribution >= 0.6 is 0 Å². The first-order valence-electron chi connectivity index (χ1n) is 12.8. The molecule has 0 amide bonds. The third-order valence-electron chi connectivity index (χ3n) is 6.82. The van der Waals surface area contributed by atoms with Crippen LogP contribution in [0, 0.1) is 11.6 Å². The standard InChI is InChI=1S/C30H25F2N3O4/c31-20-7-5-19(6-8-20)22-2-1-3-23(28(22)37)25(36)15-18-4-9-26(24(32)14-18)39-27-10-11-33-30-29(27)38-21(16-34-30)17-35-12-13-35/h2-11,14,21H,1,12-13,15-17H2,(H,33,34). The van der Waals surface area contributed by atoms with Crippen LogP contribution in [0.5, 0.6) is 17.2 Å². The van der Waals surface area contributed by atoms with Gasteiger partial charge in [-0.05, 0) is 41.8 Å². The van der Waals surface area contributed by atoms with E-state index in [1.165, 1.54) is 36.4 Å². The molecule has 3 aliphatic rings. The second-order valence-electron chi connectivity index (χ2n) is 9.68. The summed E-state index contributed by atoms with van der Waals surface area (Å²) in [6, 6.07) is 11.4. The van der Waals surface area contributed by atoms with Gasteiger partial charge in [0.15, 0.2) is 34.7 Å². The van der Waals surface area contributed by atoms with Crippen molar-refractivity contribution in [2.24, 2.45) is 0 Å². The maximum absolute atomic E-state index is 15.1. The quantitative estimate of drug-likeness (QED) is 0.334. The average molecular weight is 530 g/mol. The number of carbonyl (C=O) groups excluding carboxylic acids is 2. The van der Waals surface area contributed by atoms with Gasteiger partial charge < -0.3 is 14.8 Å². The lowest BCUT2D eigenvalue weighted by Crippen LogP contribution is -2.36. The van der Waals surface area contributed by atoms with E-state index in [0.717, 1.165) is 19.6 Å². The lowest BCUT2D eigenvalue weighted by atomic mass is 9.88. The number of rotatable bonds is 8. The Balaban J connectivity index is 1.14. The van der Waals surface area contributed by atoms with Gasteiger partial charge in [0.1, 0.15) is 11.9 Å². The predicted octanol–water partition coefficient (Wildman–Crippen LogP) is 4.74. The zero-order valence-corrected chi connectivity index (χ0v) is 21.0. The zero-order chi connectivity index (χ0) is 26.9. The lowest BCUT2D eigenvalue weighted by molar-refractivity contribution is -0.118. The summed E-state index contributed by atoms with van der Waals surface area (Å²) in [4.78, 5) is 32.5. The first-order valence-corrected chi connectivity index (χ1v) is 12.8. The molecule has 1 unspecified atom stereocenters. The topological polar surface area (TPSA) is 80.5 Å². The molecule has 2 aliphatic heterocycles. The van der Waals surface area contributed by atoms with E-state index < -0.39 is 23.2 Å². The minimum atomic E-state index is -0.647. The van der Waals surface area contributed by atoms with Crippen LogP contribution < -0.4 is 14.8 Å². The first kappa shape index (κ1) is 24.9. The van der Waals surface area contributed by atoms with Gasteiger partial charge in [-0.3, -0.25) is 14.5 Å². The fourth-order valence-electron chi connectivity index (χ4n) is 4.69. The number of pyridine rings is 1. The van der Waals surface area contributed by atoms with Crippen molar-refractivity contribution in [3.8, 4) is 17.2 Å². The van der Waals surface area contributed by atoms with Crippen molar-refractivity contribution in [1.82, 2.24) is 9.88 Å². The van der Waals surface area contributed by atoms with Crippen molar-refractivity contribution in [2.75, 3.05) is 31.5 Å². The van der Waals surface area contributed by atoms with Gasteiger partial charge in [-0.25, -0.2) is 13.8 Å². The van der Waals surface area contributed by atoms with E-state index in [1.807, 2.05) is 0 Å². The highest BCUT2D eigenvalue weighted by Gasteiger charge is 2.29. The van der Waals surface area contributed by atoms with Crippen LogP contribution in [-0.4, -0.2) is 53.7 Å². The van der Waals surface area contributed by atoms with Crippen molar-refractivity contribution >= 4 is 23.0 Å². The molecule has 1 aliphatic carbocycles. The molecule has 6 rings (SSSR count). The number of allylic oxidation sites excluding steroid dienone is 4. The largest absolute Gasteiger partial charge is 0.480 e. The number of halogens is 2. The van der Waals surface area contributed by atoms with E-state index in [2.05, 4.69) is 15.2 Å². The summed E-state index contributed by atoms with van der Waals surface area (Å²) >= 11 is 0. The highest BCUT2D eigenvalue weighted by Crippen LogP contribution is 2.40. The van der Waals surface area contributed by atoms with Crippen molar-refractivity contribution in [2.45, 2.75) is 18.9 Å². The molecule has 0 radical (unpaired) electrons. The maximum atomic E-state index is 15.1. The molecule has 0 saturated carbocycles.